The predicted molar refractivity (Wildman–Crippen MR) is 265 cm³/mol. The maximum Gasteiger partial charge on any atom is 0.0566 e. The van der Waals surface area contributed by atoms with Crippen molar-refractivity contribution in [2.24, 2.45) is 41.4 Å². The highest BCUT2D eigenvalue weighted by Gasteiger charge is 2.53. The summed E-state index contributed by atoms with van der Waals surface area (Å²) in [5, 5.41) is 5.94. The Balaban J connectivity index is 0.731. The number of rotatable bonds is 6. The van der Waals surface area contributed by atoms with Crippen LogP contribution in [0.2, 0.25) is 0 Å². The van der Waals surface area contributed by atoms with E-state index in [4.69, 9.17) is 0 Å². The lowest BCUT2D eigenvalue weighted by molar-refractivity contribution is -0.113. The van der Waals surface area contributed by atoms with Crippen LogP contribution in [0.25, 0.3) is 0 Å². The third-order valence-electron chi connectivity index (χ3n) is 23.2. The Bertz CT molecular complexity index is 1420. The molecule has 63 heavy (non-hydrogen) atoms. The number of likely N-dealkylation sites (N-methyl/N-ethyl adjacent to an activating group) is 2. The van der Waals surface area contributed by atoms with Gasteiger partial charge in [-0.2, -0.15) is 0 Å². The third-order valence-corrected chi connectivity index (χ3v) is 25.0. The van der Waals surface area contributed by atoms with Crippen molar-refractivity contribution in [3.05, 3.63) is 0 Å². The topological polar surface area (TPSA) is 25.0 Å². The Morgan fingerprint density at radius 3 is 1.21 bits per heavy atom. The van der Waals surface area contributed by atoms with Crippen LogP contribution < -0.4 is 5.32 Å². The zero-order valence-electron chi connectivity index (χ0n) is 41.0. The molecule has 0 aromatic carbocycles. The van der Waals surface area contributed by atoms with Gasteiger partial charge in [-0.15, -0.1) is 11.8 Å². The van der Waals surface area contributed by atoms with Crippen LogP contribution in [0.4, 0.5) is 0 Å². The maximum atomic E-state index is 4.23. The summed E-state index contributed by atoms with van der Waals surface area (Å²) in [4.78, 5) is 12.5. The van der Waals surface area contributed by atoms with Gasteiger partial charge in [0.25, 0.3) is 0 Å². The van der Waals surface area contributed by atoms with Crippen LogP contribution in [0.1, 0.15) is 225 Å². The number of piperazine rings is 2. The summed E-state index contributed by atoms with van der Waals surface area (Å²) < 4.78 is 0. The second kappa shape index (κ2) is 19.5. The number of thioether (sulfide) groups is 1. The van der Waals surface area contributed by atoms with Crippen LogP contribution >= 0.6 is 11.8 Å². The van der Waals surface area contributed by atoms with Gasteiger partial charge in [0.2, 0.25) is 0 Å². The summed E-state index contributed by atoms with van der Waals surface area (Å²) >= 11 is 2.40. The van der Waals surface area contributed by atoms with Gasteiger partial charge >= 0.3 is 0 Å². The molecule has 12 fully saturated rings. The van der Waals surface area contributed by atoms with Gasteiger partial charge in [-0.1, -0.05) is 64.2 Å². The molecule has 9 aliphatic carbocycles. The maximum absolute atomic E-state index is 4.23. The summed E-state index contributed by atoms with van der Waals surface area (Å²) in [6.45, 7) is 0. The van der Waals surface area contributed by atoms with Crippen molar-refractivity contribution in [1.29, 1.82) is 0 Å². The molecule has 3 aliphatic heterocycles. The monoisotopic (exact) mass is 884 g/mol. The van der Waals surface area contributed by atoms with Crippen molar-refractivity contribution in [3.63, 3.8) is 0 Å². The molecule has 1 N–H and O–H groups in total. The molecule has 0 spiro atoms. The number of fused-ring (bicyclic) bond motifs is 5. The molecule has 12 rings (SSSR count). The van der Waals surface area contributed by atoms with Crippen LogP contribution in [0.15, 0.2) is 0 Å². The van der Waals surface area contributed by atoms with E-state index in [1.54, 1.807) is 57.8 Å². The molecule has 14 unspecified atom stereocenters. The van der Waals surface area contributed by atoms with Gasteiger partial charge in [0.1, 0.15) is 0 Å². The van der Waals surface area contributed by atoms with Gasteiger partial charge in [-0.05, 0) is 216 Å². The first-order chi connectivity index (χ1) is 31.1. The first kappa shape index (κ1) is 44.4. The smallest absolute Gasteiger partial charge is 0.0566 e. The molecule has 3 heterocycles. The van der Waals surface area contributed by atoms with E-state index in [1.807, 2.05) is 0 Å². The fourth-order valence-electron chi connectivity index (χ4n) is 20.3. The highest BCUT2D eigenvalue weighted by atomic mass is 32.2. The van der Waals surface area contributed by atoms with E-state index in [1.165, 1.54) is 167 Å². The summed E-state index contributed by atoms with van der Waals surface area (Å²) in [7, 11) is 5.10. The van der Waals surface area contributed by atoms with Gasteiger partial charge in [-0.3, -0.25) is 19.6 Å². The zero-order chi connectivity index (χ0) is 42.0. The quantitative estimate of drug-likeness (QED) is 0.285. The second-order valence-electron chi connectivity index (χ2n) is 25.8. The molecule has 12 aliphatic rings. The van der Waals surface area contributed by atoms with Crippen molar-refractivity contribution in [3.8, 4) is 0 Å². The highest BCUT2D eigenvalue weighted by molar-refractivity contribution is 8.00. The SMILES string of the molecule is CN1C2CCCCC2N(C2CCC(C3CCC(C4CCC(C5NC6CCCCC6S5)CC4)C(C4CCC(N5C6CCCCC6N(C)C6CCCCC65)CC4)C3)CC2)C2CCCCC21. The third kappa shape index (κ3) is 8.55. The summed E-state index contributed by atoms with van der Waals surface area (Å²) in [5.74, 6) is 7.13. The first-order valence-electron chi connectivity index (χ1n) is 29.5. The molecule has 3 saturated heterocycles. The largest absolute Gasteiger partial charge is 0.301 e. The normalized spacial score (nSPS) is 51.9. The van der Waals surface area contributed by atoms with Crippen LogP contribution in [-0.4, -0.2) is 111 Å². The zero-order valence-corrected chi connectivity index (χ0v) is 41.8. The fraction of sp³-hybridized carbons (Fsp3) is 1.00. The molecule has 0 amide bonds. The molecule has 0 bridgehead atoms. The number of hydrogen-bond donors (Lipinski definition) is 1. The molecule has 5 nitrogen and oxygen atoms in total. The molecule has 14 atom stereocenters. The lowest BCUT2D eigenvalue weighted by Gasteiger charge is -2.61. The summed E-state index contributed by atoms with van der Waals surface area (Å²) in [6, 6.07) is 9.43. The lowest BCUT2D eigenvalue weighted by atomic mass is 9.57. The number of nitrogens with zero attached hydrogens (tertiary/aromatic N) is 4. The second-order valence-corrected chi connectivity index (χ2v) is 27.2. The van der Waals surface area contributed by atoms with Crippen LogP contribution in [-0.2, 0) is 0 Å². The Labute approximate surface area is 392 Å². The average Bonchev–Trinajstić information content (AvgIpc) is 3.79. The van der Waals surface area contributed by atoms with E-state index in [-0.39, 0.29) is 0 Å². The van der Waals surface area contributed by atoms with E-state index >= 15 is 0 Å². The van der Waals surface area contributed by atoms with E-state index in [0.29, 0.717) is 0 Å². The predicted octanol–water partition coefficient (Wildman–Crippen LogP) is 12.7. The highest BCUT2D eigenvalue weighted by Crippen LogP contribution is 2.55. The standard InChI is InChI=1S/C57H97N5S/c1-59-48-14-4-8-18-52(48)61(53-19-9-5-15-49(53)59)43-32-27-38(28-33-43)42-31-36-45(39-23-25-41(26-24-39)57-58-47-13-3-12-22-56(47)63-57)46(37-42)40-29-34-44(35-30-40)62-54-20-10-6-16-50(54)60(2)51-17-7-11-21-55(51)62/h38-58H,3-37H2,1-2H3. The van der Waals surface area contributed by atoms with Crippen molar-refractivity contribution in [1.82, 2.24) is 24.9 Å². The van der Waals surface area contributed by atoms with Gasteiger partial charge in [-0.25, -0.2) is 0 Å². The van der Waals surface area contributed by atoms with E-state index < -0.39 is 0 Å². The fourth-order valence-corrected chi connectivity index (χ4v) is 22.1. The minimum atomic E-state index is 0.775. The molecular formula is C57H97N5S. The van der Waals surface area contributed by atoms with E-state index in [2.05, 4.69) is 50.8 Å². The Hall–Kier alpha value is 0.150. The van der Waals surface area contributed by atoms with Gasteiger partial charge in [0.15, 0.2) is 0 Å². The molecule has 0 aromatic heterocycles. The van der Waals surface area contributed by atoms with Gasteiger partial charge in [0.05, 0.1) is 5.37 Å². The molecule has 0 radical (unpaired) electrons. The van der Waals surface area contributed by atoms with Crippen molar-refractivity contribution in [2.45, 2.75) is 302 Å². The lowest BCUT2D eigenvalue weighted by Crippen LogP contribution is -2.70. The van der Waals surface area contributed by atoms with Crippen LogP contribution in [0, 0.1) is 41.4 Å². The minimum absolute atomic E-state index is 0.775. The molecule has 0 aromatic rings. The van der Waals surface area contributed by atoms with Crippen LogP contribution in [0.3, 0.4) is 0 Å². The first-order valence-corrected chi connectivity index (χ1v) is 30.4. The van der Waals surface area contributed by atoms with Gasteiger partial charge < -0.3 is 5.32 Å². The Morgan fingerprint density at radius 2 is 0.714 bits per heavy atom. The summed E-state index contributed by atoms with van der Waals surface area (Å²) in [6.07, 6.45) is 53.0. The van der Waals surface area contributed by atoms with Crippen LogP contribution in [0.5, 0.6) is 0 Å². The number of hydrogen-bond acceptors (Lipinski definition) is 6. The Kier molecular flexibility index (Phi) is 13.7. The summed E-state index contributed by atoms with van der Waals surface area (Å²) in [5.41, 5.74) is 0. The van der Waals surface area contributed by atoms with Crippen molar-refractivity contribution >= 4 is 11.8 Å². The molecule has 6 heteroatoms. The van der Waals surface area contributed by atoms with E-state index in [0.717, 1.165) is 119 Å². The van der Waals surface area contributed by atoms with Crippen molar-refractivity contribution in [2.75, 3.05) is 14.1 Å². The molecule has 356 valence electrons. The van der Waals surface area contributed by atoms with E-state index in [9.17, 15) is 0 Å². The van der Waals surface area contributed by atoms with Crippen molar-refractivity contribution < 1.29 is 0 Å². The Morgan fingerprint density at radius 1 is 0.333 bits per heavy atom. The minimum Gasteiger partial charge on any atom is -0.301 e. The molecular weight excluding hydrogens is 787 g/mol. The number of nitrogens with one attached hydrogen (secondary N) is 1. The molecule has 9 saturated carbocycles. The average molecular weight is 885 g/mol. The van der Waals surface area contributed by atoms with Gasteiger partial charge in [0, 0.05) is 71.7 Å².